The van der Waals surface area contributed by atoms with E-state index in [9.17, 15) is 9.59 Å². The van der Waals surface area contributed by atoms with Crippen LogP contribution >= 0.6 is 15.9 Å². The fourth-order valence-electron chi connectivity index (χ4n) is 2.30. The van der Waals surface area contributed by atoms with E-state index in [1.165, 1.54) is 16.5 Å². The molecule has 0 fully saturated rings. The molecule has 0 radical (unpaired) electrons. The minimum atomic E-state index is -0.495. The standard InChI is InChI=1S/C19H15BrN2O3/c1-13-5-7-17-21-16(10-18(23)22(17)11-13)12-25-19(24)8-6-14-3-2-4-15(20)9-14/h2-11H,12H2,1H3/b8-6+. The number of hydrogen-bond acceptors (Lipinski definition) is 4. The molecule has 0 aliphatic carbocycles. The summed E-state index contributed by atoms with van der Waals surface area (Å²) in [5.74, 6) is -0.495. The van der Waals surface area contributed by atoms with Crippen molar-refractivity contribution in [3.05, 3.63) is 86.4 Å². The largest absolute Gasteiger partial charge is 0.456 e. The van der Waals surface area contributed by atoms with Gasteiger partial charge in [0.05, 0.1) is 5.69 Å². The molecule has 2 heterocycles. The Morgan fingerprint density at radius 1 is 1.28 bits per heavy atom. The van der Waals surface area contributed by atoms with Crippen molar-refractivity contribution >= 4 is 33.6 Å². The van der Waals surface area contributed by atoms with Crippen LogP contribution < -0.4 is 5.56 Å². The summed E-state index contributed by atoms with van der Waals surface area (Å²) < 4.78 is 7.56. The average molecular weight is 399 g/mol. The average Bonchev–Trinajstić information content (AvgIpc) is 2.59. The highest BCUT2D eigenvalue weighted by Gasteiger charge is 2.05. The molecule has 0 spiro atoms. The van der Waals surface area contributed by atoms with Crippen molar-refractivity contribution in [2.24, 2.45) is 0 Å². The van der Waals surface area contributed by atoms with Crippen LogP contribution in [0.25, 0.3) is 11.7 Å². The molecule has 126 valence electrons. The molecule has 0 saturated carbocycles. The fraction of sp³-hybridized carbons (Fsp3) is 0.105. The number of aromatic nitrogens is 2. The molecule has 0 N–H and O–H groups in total. The van der Waals surface area contributed by atoms with E-state index in [2.05, 4.69) is 20.9 Å². The van der Waals surface area contributed by atoms with E-state index < -0.39 is 5.97 Å². The second kappa shape index (κ2) is 7.44. The van der Waals surface area contributed by atoms with E-state index in [0.717, 1.165) is 15.6 Å². The summed E-state index contributed by atoms with van der Waals surface area (Å²) in [5, 5.41) is 0. The van der Waals surface area contributed by atoms with Gasteiger partial charge >= 0.3 is 5.97 Å². The van der Waals surface area contributed by atoms with Gasteiger partial charge in [0, 0.05) is 22.8 Å². The smallest absolute Gasteiger partial charge is 0.331 e. The number of fused-ring (bicyclic) bond motifs is 1. The molecule has 3 rings (SSSR count). The number of carbonyl (C=O) groups is 1. The third-order valence-electron chi connectivity index (χ3n) is 3.48. The molecule has 0 saturated heterocycles. The third kappa shape index (κ3) is 4.42. The molecule has 5 nitrogen and oxygen atoms in total. The quantitative estimate of drug-likeness (QED) is 0.498. The summed E-state index contributed by atoms with van der Waals surface area (Å²) in [6.45, 7) is 1.85. The minimum Gasteiger partial charge on any atom is -0.456 e. The number of benzene rings is 1. The van der Waals surface area contributed by atoms with Crippen LogP contribution in [0.4, 0.5) is 0 Å². The van der Waals surface area contributed by atoms with E-state index in [1.807, 2.05) is 37.3 Å². The molecule has 6 heteroatoms. The van der Waals surface area contributed by atoms with E-state index in [-0.39, 0.29) is 12.2 Å². The molecule has 0 amide bonds. The zero-order chi connectivity index (χ0) is 17.8. The molecular formula is C19H15BrN2O3. The summed E-state index contributed by atoms with van der Waals surface area (Å²) in [4.78, 5) is 28.3. The molecule has 1 aromatic carbocycles. The van der Waals surface area contributed by atoms with Gasteiger partial charge in [-0.15, -0.1) is 0 Å². The van der Waals surface area contributed by atoms with Gasteiger partial charge in [-0.05, 0) is 42.3 Å². The molecule has 25 heavy (non-hydrogen) atoms. The maximum Gasteiger partial charge on any atom is 0.331 e. The van der Waals surface area contributed by atoms with Crippen LogP contribution in [-0.2, 0) is 16.1 Å². The molecule has 3 aromatic rings. The summed E-state index contributed by atoms with van der Waals surface area (Å²) in [7, 11) is 0. The summed E-state index contributed by atoms with van der Waals surface area (Å²) in [6, 6.07) is 12.6. The van der Waals surface area contributed by atoms with E-state index in [0.29, 0.717) is 11.3 Å². The first-order chi connectivity index (χ1) is 12.0. The first kappa shape index (κ1) is 17.1. The SMILES string of the molecule is Cc1ccc2nc(COC(=O)/C=C/c3cccc(Br)c3)cc(=O)n2c1. The minimum absolute atomic E-state index is 0.0543. The van der Waals surface area contributed by atoms with E-state index >= 15 is 0 Å². The Labute approximate surface area is 152 Å². The highest BCUT2D eigenvalue weighted by atomic mass is 79.9. The molecule has 0 aliphatic heterocycles. The van der Waals surface area contributed by atoms with Gasteiger partial charge in [-0.3, -0.25) is 9.20 Å². The van der Waals surface area contributed by atoms with Crippen molar-refractivity contribution < 1.29 is 9.53 Å². The summed E-state index contributed by atoms with van der Waals surface area (Å²) >= 11 is 3.37. The number of esters is 1. The van der Waals surface area contributed by atoms with Crippen LogP contribution in [0.15, 0.2) is 64.0 Å². The monoisotopic (exact) mass is 398 g/mol. The second-order valence-corrected chi connectivity index (χ2v) is 6.43. The fourth-order valence-corrected chi connectivity index (χ4v) is 2.72. The van der Waals surface area contributed by atoms with Crippen LogP contribution in [0.3, 0.4) is 0 Å². The Morgan fingerprint density at radius 3 is 2.92 bits per heavy atom. The highest BCUT2D eigenvalue weighted by molar-refractivity contribution is 9.10. The van der Waals surface area contributed by atoms with Gasteiger partial charge in [-0.2, -0.15) is 0 Å². The lowest BCUT2D eigenvalue weighted by atomic mass is 10.2. The van der Waals surface area contributed by atoms with Crippen molar-refractivity contribution in [1.29, 1.82) is 0 Å². The van der Waals surface area contributed by atoms with Crippen LogP contribution in [0.2, 0.25) is 0 Å². The number of halogens is 1. The van der Waals surface area contributed by atoms with Gasteiger partial charge in [0.1, 0.15) is 12.3 Å². The molecule has 0 atom stereocenters. The second-order valence-electron chi connectivity index (χ2n) is 5.52. The van der Waals surface area contributed by atoms with Crippen LogP contribution in [0.5, 0.6) is 0 Å². The number of hydrogen-bond donors (Lipinski definition) is 0. The van der Waals surface area contributed by atoms with E-state index in [4.69, 9.17) is 4.74 Å². The molecular weight excluding hydrogens is 384 g/mol. The molecule has 0 unspecified atom stereocenters. The highest BCUT2D eigenvalue weighted by Crippen LogP contribution is 2.12. The molecule has 0 aliphatic rings. The van der Waals surface area contributed by atoms with E-state index in [1.54, 1.807) is 18.3 Å². The predicted octanol–water partition coefficient (Wildman–Crippen LogP) is 3.52. The zero-order valence-corrected chi connectivity index (χ0v) is 15.1. The number of pyridine rings is 1. The summed E-state index contributed by atoms with van der Waals surface area (Å²) in [6.07, 6.45) is 4.73. The molecule has 0 bridgehead atoms. The number of nitrogens with zero attached hydrogens (tertiary/aromatic N) is 2. The Morgan fingerprint density at radius 2 is 2.12 bits per heavy atom. The summed E-state index contributed by atoms with van der Waals surface area (Å²) in [5.41, 5.74) is 2.58. The van der Waals surface area contributed by atoms with Crippen molar-refractivity contribution in [2.75, 3.05) is 0 Å². The van der Waals surface area contributed by atoms with Crippen molar-refractivity contribution in [1.82, 2.24) is 9.38 Å². The maximum atomic E-state index is 12.1. The Balaban J connectivity index is 1.69. The van der Waals surface area contributed by atoms with Gasteiger partial charge in [0.25, 0.3) is 5.56 Å². The topological polar surface area (TPSA) is 60.7 Å². The van der Waals surface area contributed by atoms with Crippen LogP contribution in [0.1, 0.15) is 16.8 Å². The van der Waals surface area contributed by atoms with Gasteiger partial charge in [0.15, 0.2) is 0 Å². The van der Waals surface area contributed by atoms with Gasteiger partial charge in [-0.25, -0.2) is 9.78 Å². The number of carbonyl (C=O) groups excluding carboxylic acids is 1. The lowest BCUT2D eigenvalue weighted by Crippen LogP contribution is -2.16. The van der Waals surface area contributed by atoms with Gasteiger partial charge in [0.2, 0.25) is 0 Å². The lowest BCUT2D eigenvalue weighted by molar-refractivity contribution is -0.139. The van der Waals surface area contributed by atoms with Crippen LogP contribution in [0, 0.1) is 6.92 Å². The normalized spacial score (nSPS) is 11.1. The maximum absolute atomic E-state index is 12.1. The van der Waals surface area contributed by atoms with Crippen LogP contribution in [-0.4, -0.2) is 15.4 Å². The van der Waals surface area contributed by atoms with Gasteiger partial charge < -0.3 is 4.74 Å². The van der Waals surface area contributed by atoms with Crippen molar-refractivity contribution in [3.8, 4) is 0 Å². The lowest BCUT2D eigenvalue weighted by Gasteiger charge is -2.05. The zero-order valence-electron chi connectivity index (χ0n) is 13.5. The Hall–Kier alpha value is -2.73. The third-order valence-corrected chi connectivity index (χ3v) is 3.98. The first-order valence-corrected chi connectivity index (χ1v) is 8.40. The van der Waals surface area contributed by atoms with Gasteiger partial charge in [-0.1, -0.05) is 34.1 Å². The Bertz CT molecular complexity index is 1020. The van der Waals surface area contributed by atoms with Crippen molar-refractivity contribution in [2.45, 2.75) is 13.5 Å². The predicted molar refractivity (Wildman–Crippen MR) is 99.2 cm³/mol. The number of aryl methyl sites for hydroxylation is 1. The first-order valence-electron chi connectivity index (χ1n) is 7.60. The Kier molecular flexibility index (Phi) is 5.09. The number of ether oxygens (including phenoxy) is 1. The molecule has 2 aromatic heterocycles. The number of rotatable bonds is 4. The van der Waals surface area contributed by atoms with Crippen molar-refractivity contribution in [3.63, 3.8) is 0 Å².